The lowest BCUT2D eigenvalue weighted by Crippen LogP contribution is -2.07. The Balaban J connectivity index is 2.97. The maximum Gasteiger partial charge on any atom is 0.233 e. The predicted molar refractivity (Wildman–Crippen MR) is 57.5 cm³/mol. The lowest BCUT2D eigenvalue weighted by molar-refractivity contribution is 0.432. The number of nitrogens with zero attached hydrogens (tertiary/aromatic N) is 2. The van der Waals surface area contributed by atoms with Crippen LogP contribution in [-0.4, -0.2) is 14.9 Å². The molecule has 0 bridgehead atoms. The van der Waals surface area contributed by atoms with Gasteiger partial charge in [0.15, 0.2) is 0 Å². The second-order valence-corrected chi connectivity index (χ2v) is 4.22. The molecule has 0 spiro atoms. The van der Waals surface area contributed by atoms with Crippen molar-refractivity contribution in [3.63, 3.8) is 0 Å². The summed E-state index contributed by atoms with van der Waals surface area (Å²) in [5.41, 5.74) is 2.12. The van der Waals surface area contributed by atoms with Crippen LogP contribution in [0.3, 0.4) is 0 Å². The fraction of sp³-hybridized carbons (Fsp3) is 0.727. The zero-order valence-corrected chi connectivity index (χ0v) is 9.54. The van der Waals surface area contributed by atoms with E-state index in [1.165, 1.54) is 5.69 Å². The molecule has 0 saturated heterocycles. The number of hydrogen-bond acceptors (Lipinski definition) is 2. The summed E-state index contributed by atoms with van der Waals surface area (Å²) in [5, 5.41) is 13.7. The molecule has 80 valence electrons. The fourth-order valence-corrected chi connectivity index (χ4v) is 1.61. The minimum absolute atomic E-state index is 0.189. The van der Waals surface area contributed by atoms with E-state index in [1.807, 2.05) is 11.6 Å². The van der Waals surface area contributed by atoms with Crippen molar-refractivity contribution in [3.8, 4) is 5.88 Å². The second kappa shape index (κ2) is 4.49. The lowest BCUT2D eigenvalue weighted by atomic mass is 10.1. The van der Waals surface area contributed by atoms with Gasteiger partial charge in [0, 0.05) is 17.8 Å². The van der Waals surface area contributed by atoms with Crippen LogP contribution < -0.4 is 0 Å². The SMILES string of the molecule is CCCn1nc(O)c(C)c1CC(C)C. The monoisotopic (exact) mass is 196 g/mol. The first-order valence-electron chi connectivity index (χ1n) is 5.31. The molecule has 0 aliphatic rings. The summed E-state index contributed by atoms with van der Waals surface area (Å²) in [4.78, 5) is 0. The first-order valence-corrected chi connectivity index (χ1v) is 5.31. The van der Waals surface area contributed by atoms with Gasteiger partial charge in [0.2, 0.25) is 5.88 Å². The van der Waals surface area contributed by atoms with Gasteiger partial charge in [0.05, 0.1) is 0 Å². The second-order valence-electron chi connectivity index (χ2n) is 4.22. The van der Waals surface area contributed by atoms with Crippen LogP contribution in [0.4, 0.5) is 0 Å². The highest BCUT2D eigenvalue weighted by molar-refractivity contribution is 5.28. The van der Waals surface area contributed by atoms with E-state index in [0.29, 0.717) is 5.92 Å². The number of aromatic nitrogens is 2. The zero-order valence-electron chi connectivity index (χ0n) is 9.54. The molecule has 1 heterocycles. The molecule has 0 fully saturated rings. The van der Waals surface area contributed by atoms with Gasteiger partial charge in [-0.15, -0.1) is 5.10 Å². The van der Waals surface area contributed by atoms with Crippen LogP contribution in [-0.2, 0) is 13.0 Å². The average Bonchev–Trinajstić information content (AvgIpc) is 2.33. The number of hydrogen-bond donors (Lipinski definition) is 1. The normalized spacial score (nSPS) is 11.2. The Hall–Kier alpha value is -0.990. The molecule has 0 aromatic carbocycles. The van der Waals surface area contributed by atoms with E-state index in [2.05, 4.69) is 25.9 Å². The van der Waals surface area contributed by atoms with Gasteiger partial charge in [-0.05, 0) is 25.7 Å². The van der Waals surface area contributed by atoms with Gasteiger partial charge < -0.3 is 5.11 Å². The summed E-state index contributed by atoms with van der Waals surface area (Å²) in [7, 11) is 0. The van der Waals surface area contributed by atoms with Gasteiger partial charge in [-0.25, -0.2) is 0 Å². The quantitative estimate of drug-likeness (QED) is 0.803. The summed E-state index contributed by atoms with van der Waals surface area (Å²) in [6, 6.07) is 0. The van der Waals surface area contributed by atoms with Crippen molar-refractivity contribution in [2.45, 2.75) is 47.1 Å². The topological polar surface area (TPSA) is 38.0 Å². The van der Waals surface area contributed by atoms with Gasteiger partial charge in [0.1, 0.15) is 0 Å². The van der Waals surface area contributed by atoms with Crippen LogP contribution in [0.15, 0.2) is 0 Å². The molecule has 1 rings (SSSR count). The third-order valence-electron chi connectivity index (χ3n) is 2.33. The molecule has 1 aromatic heterocycles. The van der Waals surface area contributed by atoms with E-state index < -0.39 is 0 Å². The minimum atomic E-state index is 0.189. The van der Waals surface area contributed by atoms with Crippen molar-refractivity contribution in [2.75, 3.05) is 0 Å². The largest absolute Gasteiger partial charge is 0.492 e. The van der Waals surface area contributed by atoms with Crippen molar-refractivity contribution < 1.29 is 5.11 Å². The molecule has 14 heavy (non-hydrogen) atoms. The Bertz CT molecular complexity index is 302. The van der Waals surface area contributed by atoms with E-state index in [0.717, 1.165) is 24.9 Å². The Kier molecular flexibility index (Phi) is 3.55. The van der Waals surface area contributed by atoms with Crippen molar-refractivity contribution in [1.29, 1.82) is 0 Å². The van der Waals surface area contributed by atoms with Crippen molar-refractivity contribution in [3.05, 3.63) is 11.3 Å². The Morgan fingerprint density at radius 2 is 2.07 bits per heavy atom. The Morgan fingerprint density at radius 3 is 2.57 bits per heavy atom. The molecule has 0 aliphatic heterocycles. The van der Waals surface area contributed by atoms with Gasteiger partial charge in [-0.2, -0.15) is 0 Å². The predicted octanol–water partition coefficient (Wildman–Crippen LogP) is 2.51. The van der Waals surface area contributed by atoms with Crippen molar-refractivity contribution in [2.24, 2.45) is 5.92 Å². The third kappa shape index (κ3) is 2.28. The minimum Gasteiger partial charge on any atom is -0.492 e. The smallest absolute Gasteiger partial charge is 0.233 e. The van der Waals surface area contributed by atoms with Crippen molar-refractivity contribution >= 4 is 0 Å². The first kappa shape index (κ1) is 11.1. The van der Waals surface area contributed by atoms with Crippen LogP contribution in [0.1, 0.15) is 38.4 Å². The Labute approximate surface area is 85.8 Å². The first-order chi connectivity index (χ1) is 6.56. The third-order valence-corrected chi connectivity index (χ3v) is 2.33. The van der Waals surface area contributed by atoms with E-state index >= 15 is 0 Å². The van der Waals surface area contributed by atoms with Gasteiger partial charge in [-0.3, -0.25) is 4.68 Å². The van der Waals surface area contributed by atoms with E-state index in [9.17, 15) is 5.11 Å². The Morgan fingerprint density at radius 1 is 1.43 bits per heavy atom. The number of rotatable bonds is 4. The van der Waals surface area contributed by atoms with Gasteiger partial charge in [0.25, 0.3) is 0 Å². The maximum absolute atomic E-state index is 9.53. The van der Waals surface area contributed by atoms with Crippen LogP contribution in [0.5, 0.6) is 5.88 Å². The average molecular weight is 196 g/mol. The molecule has 0 radical (unpaired) electrons. The molecule has 1 N–H and O–H groups in total. The molecule has 0 aliphatic carbocycles. The molecule has 0 saturated carbocycles. The van der Waals surface area contributed by atoms with Crippen molar-refractivity contribution in [1.82, 2.24) is 9.78 Å². The molecule has 0 atom stereocenters. The fourth-order valence-electron chi connectivity index (χ4n) is 1.61. The van der Waals surface area contributed by atoms with Crippen LogP contribution in [0.2, 0.25) is 0 Å². The highest BCUT2D eigenvalue weighted by Crippen LogP contribution is 2.21. The number of aromatic hydroxyl groups is 1. The summed E-state index contributed by atoms with van der Waals surface area (Å²) < 4.78 is 1.94. The molecule has 0 unspecified atom stereocenters. The highest BCUT2D eigenvalue weighted by Gasteiger charge is 2.13. The lowest BCUT2D eigenvalue weighted by Gasteiger charge is -2.08. The zero-order chi connectivity index (χ0) is 10.7. The molecule has 0 amide bonds. The van der Waals surface area contributed by atoms with E-state index in [1.54, 1.807) is 0 Å². The summed E-state index contributed by atoms with van der Waals surface area (Å²) in [5.74, 6) is 0.787. The maximum atomic E-state index is 9.53. The van der Waals surface area contributed by atoms with E-state index in [-0.39, 0.29) is 5.88 Å². The highest BCUT2D eigenvalue weighted by atomic mass is 16.3. The molecule has 3 nitrogen and oxygen atoms in total. The summed E-state index contributed by atoms with van der Waals surface area (Å²) in [6.07, 6.45) is 2.03. The summed E-state index contributed by atoms with van der Waals surface area (Å²) in [6.45, 7) is 9.31. The van der Waals surface area contributed by atoms with Gasteiger partial charge >= 0.3 is 0 Å². The van der Waals surface area contributed by atoms with Crippen LogP contribution in [0, 0.1) is 12.8 Å². The molecular formula is C11H20N2O. The van der Waals surface area contributed by atoms with Crippen LogP contribution >= 0.6 is 0 Å². The molecular weight excluding hydrogens is 176 g/mol. The number of aryl methyl sites for hydroxylation is 1. The molecule has 1 aromatic rings. The molecule has 3 heteroatoms. The van der Waals surface area contributed by atoms with Gasteiger partial charge in [-0.1, -0.05) is 20.8 Å². The van der Waals surface area contributed by atoms with E-state index in [4.69, 9.17) is 0 Å². The standard InChI is InChI=1S/C11H20N2O/c1-5-6-13-10(7-8(2)3)9(4)11(14)12-13/h8H,5-7H2,1-4H3,(H,12,14). The summed E-state index contributed by atoms with van der Waals surface area (Å²) >= 11 is 0. The van der Waals surface area contributed by atoms with Crippen LogP contribution in [0.25, 0.3) is 0 Å².